The van der Waals surface area contributed by atoms with Crippen molar-refractivity contribution in [1.82, 2.24) is 20.2 Å². The second kappa shape index (κ2) is 20.8. The molecule has 3 unspecified atom stereocenters. The van der Waals surface area contributed by atoms with Crippen LogP contribution in [0.3, 0.4) is 0 Å². The van der Waals surface area contributed by atoms with Gasteiger partial charge in [0, 0.05) is 59.9 Å². The van der Waals surface area contributed by atoms with Gasteiger partial charge in [-0.15, -0.1) is 0 Å². The van der Waals surface area contributed by atoms with Crippen molar-refractivity contribution in [3.63, 3.8) is 0 Å². The minimum Gasteiger partial charge on any atom is -0.508 e. The first-order valence-corrected chi connectivity index (χ1v) is 25.9. The molecule has 2 amide bonds. The van der Waals surface area contributed by atoms with Gasteiger partial charge < -0.3 is 64.3 Å². The maximum Gasteiger partial charge on any atom is 0.337 e. The summed E-state index contributed by atoms with van der Waals surface area (Å²) in [5.74, 6) is -5.22. The molecule has 1 aliphatic carbocycles. The summed E-state index contributed by atoms with van der Waals surface area (Å²) in [5.41, 5.74) is -4.05. The standard InChI is InChI=1S/C41H45N4O20P3/c46-25-8-11-28-31(16-25)65-32-17-26(47)9-12-29(32)35(28)30-15-23(7-10-27(30)39(52)53)37(50)43-13-3-1-2-6-34(48)42-14-4-5-24-18-45(40(54)44-38(24)51)41(55)20-63-33(36(41)49)19-64-68(61,62)22-66(56,57)21-67(58,59)60/h4-5,7-12,15-18,33,36,46,49,55H,1-3,6,13-14,19-22H2,(H,42,48)(H,43,50)(H,52,53)(H,56,57)(H,61,62)(H,44,51,54)(H2,58,59,60)/b5-4+/t33-,36-,41?/m1/s1. The third-order valence-corrected chi connectivity index (χ3v) is 17.5. The number of hydrogen-bond donors (Lipinski definition) is 11. The van der Waals surface area contributed by atoms with Gasteiger partial charge in [-0.25, -0.2) is 9.59 Å². The highest BCUT2D eigenvalue weighted by Gasteiger charge is 2.51. The number of ether oxygens (including phenoxy) is 1. The Kier molecular flexibility index (Phi) is 15.7. The lowest BCUT2D eigenvalue weighted by Crippen LogP contribution is -2.53. The number of amides is 2. The Morgan fingerprint density at radius 2 is 1.68 bits per heavy atom. The number of aromatic nitrogens is 2. The predicted molar refractivity (Wildman–Crippen MR) is 241 cm³/mol. The summed E-state index contributed by atoms with van der Waals surface area (Å²) in [6.07, 6.45) is 1.33. The van der Waals surface area contributed by atoms with Crippen LogP contribution in [-0.4, -0.2) is 118 Å². The molecule has 364 valence electrons. The van der Waals surface area contributed by atoms with Gasteiger partial charge in [-0.05, 0) is 60.9 Å². The molecular weight excluding hydrogens is 961 g/mol. The highest BCUT2D eigenvalue weighted by Crippen LogP contribution is 2.63. The third kappa shape index (κ3) is 12.6. The Bertz CT molecular complexity index is 3090. The smallest absolute Gasteiger partial charge is 0.337 e. The number of aromatic hydroxyl groups is 1. The number of aliphatic hydroxyl groups is 2. The summed E-state index contributed by atoms with van der Waals surface area (Å²) in [6, 6.07) is 12.4. The van der Waals surface area contributed by atoms with Crippen molar-refractivity contribution in [2.24, 2.45) is 0 Å². The monoisotopic (exact) mass is 1010 g/mol. The highest BCUT2D eigenvalue weighted by molar-refractivity contribution is 7.79. The van der Waals surface area contributed by atoms with Crippen LogP contribution in [0.15, 0.2) is 85.7 Å². The van der Waals surface area contributed by atoms with Crippen LogP contribution in [-0.2, 0) is 33.5 Å². The lowest BCUT2D eigenvalue weighted by Gasteiger charge is -2.28. The zero-order valence-electron chi connectivity index (χ0n) is 35.4. The van der Waals surface area contributed by atoms with Gasteiger partial charge in [-0.1, -0.05) is 18.6 Å². The molecule has 5 atom stereocenters. The molecule has 1 fully saturated rings. The number of carbonyl (C=O) groups is 3. The van der Waals surface area contributed by atoms with E-state index in [0.29, 0.717) is 40.3 Å². The fourth-order valence-electron chi connectivity index (χ4n) is 7.36. The number of nitrogens with zero attached hydrogens (tertiary/aromatic N) is 1. The number of carbonyl (C=O) groups excluding carboxylic acids is 2. The first kappa shape index (κ1) is 51.5. The summed E-state index contributed by atoms with van der Waals surface area (Å²) in [5, 5.41) is 48.1. The van der Waals surface area contributed by atoms with Crippen LogP contribution < -0.4 is 27.3 Å². The SMILES string of the molecule is O=C(CCCCCNC(=O)c1ccc(C(=O)O)c(-c2c3ccc(=O)cc-3oc3cc(O)ccc23)c1)NC/C=C/c1cn(C2(O)CO[C@H](COP(=O)(O)CP(=O)(O)CP(=O)(O)O)[C@H]2O)c(=O)[nH]c1=O. The van der Waals surface area contributed by atoms with E-state index in [2.05, 4.69) is 10.6 Å². The molecule has 0 bridgehead atoms. The molecule has 68 heavy (non-hydrogen) atoms. The van der Waals surface area contributed by atoms with Gasteiger partial charge in [-0.3, -0.25) is 42.4 Å². The van der Waals surface area contributed by atoms with Crippen molar-refractivity contribution in [3.05, 3.63) is 115 Å². The topological polar surface area (TPSA) is 392 Å². The lowest BCUT2D eigenvalue weighted by molar-refractivity contribution is -0.121. The number of H-pyrrole nitrogens is 1. The Labute approximate surface area is 383 Å². The van der Waals surface area contributed by atoms with E-state index in [1.54, 1.807) is 6.07 Å². The van der Waals surface area contributed by atoms with Gasteiger partial charge in [0.25, 0.3) is 11.5 Å². The van der Waals surface area contributed by atoms with Crippen LogP contribution in [0.25, 0.3) is 39.5 Å². The van der Waals surface area contributed by atoms with Gasteiger partial charge in [0.15, 0.2) is 11.2 Å². The van der Waals surface area contributed by atoms with Gasteiger partial charge in [-0.2, -0.15) is 0 Å². The van der Waals surface area contributed by atoms with E-state index in [-0.39, 0.29) is 70.2 Å². The largest absolute Gasteiger partial charge is 0.508 e. The summed E-state index contributed by atoms with van der Waals surface area (Å²) in [6.45, 7) is -1.65. The number of benzene rings is 3. The molecule has 11 N–H and O–H groups in total. The normalized spacial score (nSPS) is 19.2. The summed E-state index contributed by atoms with van der Waals surface area (Å²) < 4.78 is 51.9. The van der Waals surface area contributed by atoms with Gasteiger partial charge >= 0.3 is 26.9 Å². The number of aromatic amines is 1. The first-order valence-electron chi connectivity index (χ1n) is 20.4. The molecule has 2 aromatic carbocycles. The Hall–Kier alpha value is -5.87. The van der Waals surface area contributed by atoms with E-state index in [9.17, 15) is 72.7 Å². The van der Waals surface area contributed by atoms with Crippen molar-refractivity contribution in [1.29, 1.82) is 0 Å². The molecule has 3 aromatic rings. The molecule has 1 aromatic heterocycles. The summed E-state index contributed by atoms with van der Waals surface area (Å²) in [7, 11) is -14.9. The van der Waals surface area contributed by atoms with E-state index in [0.717, 1.165) is 6.20 Å². The molecule has 1 saturated heterocycles. The number of phenolic OH excluding ortho intramolecular Hbond substituents is 1. The van der Waals surface area contributed by atoms with Crippen molar-refractivity contribution >= 4 is 57.4 Å². The van der Waals surface area contributed by atoms with E-state index >= 15 is 0 Å². The van der Waals surface area contributed by atoms with Crippen molar-refractivity contribution in [2.45, 2.75) is 43.6 Å². The number of rotatable bonds is 20. The molecule has 2 aliphatic heterocycles. The summed E-state index contributed by atoms with van der Waals surface area (Å²) in [4.78, 5) is 115. The number of nitrogens with one attached hydrogen (secondary N) is 3. The minimum atomic E-state index is -5.04. The van der Waals surface area contributed by atoms with Crippen LogP contribution in [0.5, 0.6) is 5.75 Å². The third-order valence-electron chi connectivity index (χ3n) is 10.5. The molecule has 3 heterocycles. The average Bonchev–Trinajstić information content (AvgIpc) is 3.53. The van der Waals surface area contributed by atoms with Crippen molar-refractivity contribution < 1.29 is 81.8 Å². The highest BCUT2D eigenvalue weighted by atomic mass is 31.3. The van der Waals surface area contributed by atoms with E-state index in [4.69, 9.17) is 23.5 Å². The van der Waals surface area contributed by atoms with Crippen molar-refractivity contribution in [3.8, 4) is 28.2 Å². The van der Waals surface area contributed by atoms with Crippen LogP contribution in [0, 0.1) is 0 Å². The van der Waals surface area contributed by atoms with Crippen LogP contribution >= 0.6 is 22.6 Å². The number of phenols is 1. The average molecular weight is 1010 g/mol. The van der Waals surface area contributed by atoms with Crippen LogP contribution in [0.1, 0.15) is 52.0 Å². The zero-order valence-corrected chi connectivity index (χ0v) is 38.1. The second-order valence-corrected chi connectivity index (χ2v) is 22.6. The van der Waals surface area contributed by atoms with Crippen LogP contribution in [0.4, 0.5) is 0 Å². The van der Waals surface area contributed by atoms with E-state index < -0.39 is 88.6 Å². The molecular formula is C41H45N4O20P3. The number of aliphatic hydroxyl groups excluding tert-OH is 1. The molecule has 0 spiro atoms. The molecule has 27 heteroatoms. The fraction of sp³-hybridized carbons (Fsp3) is 0.317. The van der Waals surface area contributed by atoms with E-state index in [1.807, 2.05) is 4.98 Å². The number of fused-ring (bicyclic) bond motifs is 2. The Morgan fingerprint density at radius 1 is 0.926 bits per heavy atom. The fourth-order valence-corrected chi connectivity index (χ4v) is 13.8. The zero-order chi connectivity index (χ0) is 49.8. The number of unbranched alkanes of at least 4 members (excludes halogenated alkanes) is 2. The lowest BCUT2D eigenvalue weighted by atomic mass is 9.89. The molecule has 3 aliphatic rings. The number of aromatic carboxylic acids is 1. The number of hydrogen-bond acceptors (Lipinski definition) is 15. The van der Waals surface area contributed by atoms with Gasteiger partial charge in [0.2, 0.25) is 13.3 Å². The molecule has 0 saturated carbocycles. The van der Waals surface area contributed by atoms with E-state index in [1.165, 1.54) is 60.7 Å². The van der Waals surface area contributed by atoms with Gasteiger partial charge in [0.05, 0.1) is 24.3 Å². The van der Waals surface area contributed by atoms with Gasteiger partial charge in [0.1, 0.15) is 41.1 Å². The van der Waals surface area contributed by atoms with Crippen molar-refractivity contribution in [2.75, 3.05) is 38.1 Å². The molecule has 0 radical (unpaired) electrons. The first-order chi connectivity index (χ1) is 31.9. The second-order valence-electron chi connectivity index (χ2n) is 15.8. The predicted octanol–water partition coefficient (Wildman–Crippen LogP) is 1.91. The maximum absolute atomic E-state index is 13.3. The Morgan fingerprint density at radius 3 is 2.40 bits per heavy atom. The maximum atomic E-state index is 13.3. The molecule has 24 nitrogen and oxygen atoms in total. The number of carboxylic acid groups (broad SMARTS) is 1. The quantitative estimate of drug-likeness (QED) is 0.0301. The minimum absolute atomic E-state index is 0.0762. The number of carboxylic acids is 1. The van der Waals surface area contributed by atoms with Crippen LogP contribution in [0.2, 0.25) is 0 Å². The molecule has 6 rings (SSSR count). The summed E-state index contributed by atoms with van der Waals surface area (Å²) >= 11 is 0. The Balaban J connectivity index is 0.980.